The number of hydrogen-bond acceptors (Lipinski definition) is 2. The summed E-state index contributed by atoms with van der Waals surface area (Å²) in [4.78, 5) is 0. The highest BCUT2D eigenvalue weighted by Crippen LogP contribution is 2.26. The fourth-order valence-electron chi connectivity index (χ4n) is 2.17. The van der Waals surface area contributed by atoms with Gasteiger partial charge in [0.25, 0.3) is 0 Å². The van der Waals surface area contributed by atoms with Crippen LogP contribution in [0.25, 0.3) is 11.0 Å². The summed E-state index contributed by atoms with van der Waals surface area (Å²) in [5.74, 6) is 0.245. The summed E-state index contributed by atoms with van der Waals surface area (Å²) >= 11 is 0. The second-order valence-corrected chi connectivity index (χ2v) is 4.49. The van der Waals surface area contributed by atoms with Gasteiger partial charge < -0.3 is 9.52 Å². The first kappa shape index (κ1) is 11.9. The molecular formula is C16H13FO2. The van der Waals surface area contributed by atoms with Crippen LogP contribution in [-0.2, 0) is 13.0 Å². The van der Waals surface area contributed by atoms with Crippen molar-refractivity contribution in [2.75, 3.05) is 0 Å². The number of aliphatic hydroxyl groups excluding tert-OH is 1. The lowest BCUT2D eigenvalue weighted by Gasteiger charge is -1.98. The van der Waals surface area contributed by atoms with Crippen molar-refractivity contribution >= 4 is 11.0 Å². The molecule has 19 heavy (non-hydrogen) atoms. The van der Waals surface area contributed by atoms with Crippen molar-refractivity contribution in [3.05, 3.63) is 71.2 Å². The average Bonchev–Trinajstić information content (AvgIpc) is 2.84. The Morgan fingerprint density at radius 3 is 2.58 bits per heavy atom. The van der Waals surface area contributed by atoms with E-state index in [4.69, 9.17) is 9.52 Å². The van der Waals surface area contributed by atoms with Crippen LogP contribution in [0.2, 0.25) is 0 Å². The zero-order valence-corrected chi connectivity index (χ0v) is 10.3. The van der Waals surface area contributed by atoms with Gasteiger partial charge >= 0.3 is 0 Å². The molecule has 0 aliphatic carbocycles. The molecule has 1 aromatic heterocycles. The van der Waals surface area contributed by atoms with Crippen molar-refractivity contribution in [2.24, 2.45) is 0 Å². The van der Waals surface area contributed by atoms with Crippen LogP contribution < -0.4 is 0 Å². The highest BCUT2D eigenvalue weighted by Gasteiger charge is 2.12. The van der Waals surface area contributed by atoms with E-state index in [1.54, 1.807) is 12.1 Å². The van der Waals surface area contributed by atoms with Crippen molar-refractivity contribution < 1.29 is 13.9 Å². The minimum Gasteiger partial charge on any atom is -0.458 e. The van der Waals surface area contributed by atoms with E-state index in [-0.39, 0.29) is 17.8 Å². The summed E-state index contributed by atoms with van der Waals surface area (Å²) in [6, 6.07) is 15.1. The van der Waals surface area contributed by atoms with Gasteiger partial charge in [-0.1, -0.05) is 42.5 Å². The van der Waals surface area contributed by atoms with Gasteiger partial charge in [-0.05, 0) is 11.6 Å². The molecule has 0 aliphatic heterocycles. The third-order valence-corrected chi connectivity index (χ3v) is 3.15. The summed E-state index contributed by atoms with van der Waals surface area (Å²) in [6.45, 7) is -0.323. The van der Waals surface area contributed by atoms with E-state index in [0.29, 0.717) is 6.42 Å². The van der Waals surface area contributed by atoms with Gasteiger partial charge in [-0.25, -0.2) is 4.39 Å². The summed E-state index contributed by atoms with van der Waals surface area (Å²) < 4.78 is 19.5. The molecule has 0 radical (unpaired) electrons. The van der Waals surface area contributed by atoms with E-state index in [1.165, 1.54) is 0 Å². The minimum absolute atomic E-state index is 0.220. The van der Waals surface area contributed by atoms with Gasteiger partial charge in [0.2, 0.25) is 0 Å². The molecule has 0 spiro atoms. The first-order valence-corrected chi connectivity index (χ1v) is 6.12. The second-order valence-electron chi connectivity index (χ2n) is 4.49. The van der Waals surface area contributed by atoms with Crippen LogP contribution in [-0.4, -0.2) is 5.11 Å². The lowest BCUT2D eigenvalue weighted by Crippen LogP contribution is -1.88. The Morgan fingerprint density at radius 2 is 1.84 bits per heavy atom. The number of fused-ring (bicyclic) bond motifs is 1. The Kier molecular flexibility index (Phi) is 3.05. The quantitative estimate of drug-likeness (QED) is 0.776. The van der Waals surface area contributed by atoms with Gasteiger partial charge in [-0.2, -0.15) is 0 Å². The molecule has 0 unspecified atom stereocenters. The van der Waals surface area contributed by atoms with Crippen LogP contribution in [0.3, 0.4) is 0 Å². The number of hydrogen-bond donors (Lipinski definition) is 1. The Labute approximate surface area is 110 Å². The van der Waals surface area contributed by atoms with Crippen molar-refractivity contribution in [1.29, 1.82) is 0 Å². The summed E-state index contributed by atoms with van der Waals surface area (Å²) in [5, 5.41) is 9.76. The van der Waals surface area contributed by atoms with E-state index in [9.17, 15) is 4.39 Å². The molecule has 0 amide bonds. The minimum atomic E-state index is -0.473. The molecule has 96 valence electrons. The standard InChI is InChI=1S/C16H13FO2/c17-15-13(10-18)7-6-12-9-14(19-16(12)15)8-11-4-2-1-3-5-11/h1-7,9,18H,8,10H2. The molecule has 1 N–H and O–H groups in total. The molecule has 2 aromatic carbocycles. The number of furan rings is 1. The molecule has 3 rings (SSSR count). The third-order valence-electron chi connectivity index (χ3n) is 3.15. The predicted molar refractivity (Wildman–Crippen MR) is 71.3 cm³/mol. The fourth-order valence-corrected chi connectivity index (χ4v) is 2.17. The first-order chi connectivity index (χ1) is 9.28. The van der Waals surface area contributed by atoms with Gasteiger partial charge in [0.05, 0.1) is 6.61 Å². The second kappa shape index (κ2) is 4.86. The van der Waals surface area contributed by atoms with Crippen molar-refractivity contribution in [1.82, 2.24) is 0 Å². The SMILES string of the molecule is OCc1ccc2cc(Cc3ccccc3)oc2c1F. The number of rotatable bonds is 3. The molecule has 0 bridgehead atoms. The Balaban J connectivity index is 2.00. The number of benzene rings is 2. The molecule has 3 aromatic rings. The smallest absolute Gasteiger partial charge is 0.171 e. The normalized spacial score (nSPS) is 11.1. The Bertz CT molecular complexity index is 701. The lowest BCUT2D eigenvalue weighted by molar-refractivity contribution is 0.275. The maximum Gasteiger partial charge on any atom is 0.171 e. The van der Waals surface area contributed by atoms with Gasteiger partial charge in [-0.15, -0.1) is 0 Å². The third kappa shape index (κ3) is 2.25. The van der Waals surface area contributed by atoms with Crippen molar-refractivity contribution in [3.63, 3.8) is 0 Å². The maximum absolute atomic E-state index is 14.0. The van der Waals surface area contributed by atoms with Crippen LogP contribution in [0.5, 0.6) is 0 Å². The van der Waals surface area contributed by atoms with Gasteiger partial charge in [-0.3, -0.25) is 0 Å². The van der Waals surface area contributed by atoms with E-state index in [2.05, 4.69) is 0 Å². The van der Waals surface area contributed by atoms with E-state index >= 15 is 0 Å². The largest absolute Gasteiger partial charge is 0.458 e. The topological polar surface area (TPSA) is 33.4 Å². The molecule has 0 fully saturated rings. The van der Waals surface area contributed by atoms with Crippen LogP contribution in [0.1, 0.15) is 16.9 Å². The summed E-state index contributed by atoms with van der Waals surface area (Å²) in [7, 11) is 0. The van der Waals surface area contributed by atoms with Gasteiger partial charge in [0.1, 0.15) is 5.76 Å². The number of halogens is 1. The Morgan fingerprint density at radius 1 is 1.05 bits per heavy atom. The lowest BCUT2D eigenvalue weighted by atomic mass is 10.1. The predicted octanol–water partition coefficient (Wildman–Crippen LogP) is 3.66. The monoisotopic (exact) mass is 256 g/mol. The van der Waals surface area contributed by atoms with Crippen molar-refractivity contribution in [2.45, 2.75) is 13.0 Å². The van der Waals surface area contributed by atoms with Crippen LogP contribution in [0.15, 0.2) is 52.9 Å². The highest BCUT2D eigenvalue weighted by molar-refractivity contribution is 5.79. The van der Waals surface area contributed by atoms with Crippen molar-refractivity contribution in [3.8, 4) is 0 Å². The molecule has 3 heteroatoms. The Hall–Kier alpha value is -2.13. The van der Waals surface area contributed by atoms with Gasteiger partial charge in [0, 0.05) is 17.4 Å². The molecule has 2 nitrogen and oxygen atoms in total. The number of aliphatic hydroxyl groups is 1. The summed E-state index contributed by atoms with van der Waals surface area (Å²) in [6.07, 6.45) is 0.628. The van der Waals surface area contributed by atoms with Crippen LogP contribution in [0, 0.1) is 5.82 Å². The maximum atomic E-state index is 14.0. The molecule has 0 aliphatic rings. The fraction of sp³-hybridized carbons (Fsp3) is 0.125. The molecule has 0 saturated carbocycles. The average molecular weight is 256 g/mol. The highest BCUT2D eigenvalue weighted by atomic mass is 19.1. The van der Waals surface area contributed by atoms with E-state index < -0.39 is 5.82 Å². The molecular weight excluding hydrogens is 243 g/mol. The van der Waals surface area contributed by atoms with Crippen LogP contribution in [0.4, 0.5) is 4.39 Å². The van der Waals surface area contributed by atoms with E-state index in [1.807, 2.05) is 36.4 Å². The van der Waals surface area contributed by atoms with Gasteiger partial charge in [0.15, 0.2) is 11.4 Å². The molecule has 0 atom stereocenters. The first-order valence-electron chi connectivity index (χ1n) is 6.12. The van der Waals surface area contributed by atoms with Crippen LogP contribution >= 0.6 is 0 Å². The molecule has 1 heterocycles. The van der Waals surface area contributed by atoms with E-state index in [0.717, 1.165) is 16.7 Å². The zero-order chi connectivity index (χ0) is 13.2. The molecule has 0 saturated heterocycles. The summed E-state index contributed by atoms with van der Waals surface area (Å²) in [5.41, 5.74) is 1.59. The zero-order valence-electron chi connectivity index (χ0n) is 10.3.